The molecule has 0 radical (unpaired) electrons. The van der Waals surface area contributed by atoms with Gasteiger partial charge >= 0.3 is 0 Å². The van der Waals surface area contributed by atoms with Crippen LogP contribution in [-0.2, 0) is 20.7 Å². The fourth-order valence-electron chi connectivity index (χ4n) is 4.07. The summed E-state index contributed by atoms with van der Waals surface area (Å²) in [7, 11) is 0. The monoisotopic (exact) mass is 375 g/mol. The van der Waals surface area contributed by atoms with Crippen molar-refractivity contribution < 1.29 is 19.4 Å². The molecule has 0 aliphatic carbocycles. The van der Waals surface area contributed by atoms with Crippen molar-refractivity contribution in [2.24, 2.45) is 0 Å². The minimum Gasteiger partial charge on any atom is -0.508 e. The summed E-state index contributed by atoms with van der Waals surface area (Å²) >= 11 is 0. The predicted molar refractivity (Wildman–Crippen MR) is 101 cm³/mol. The Bertz CT molecular complexity index is 660. The van der Waals surface area contributed by atoms with Crippen molar-refractivity contribution in [3.8, 4) is 5.75 Å². The molecule has 3 rings (SSSR count). The van der Waals surface area contributed by atoms with Gasteiger partial charge in [-0.25, -0.2) is 0 Å². The standard InChI is InChI=1S/C20H29N3O4/c1-2-21-20(26)18-12-15(13-23(18)16-6-8-27-9-7-16)22-19(25)11-14-4-3-5-17(24)10-14/h3-5,10,15-16,18,24H,2,6-9,11-13H2,1H3,(H,21,26)(H,22,25)/t15-,18-/m0/s1. The Morgan fingerprint density at radius 2 is 2.07 bits per heavy atom. The molecule has 7 nitrogen and oxygen atoms in total. The molecule has 7 heteroatoms. The molecule has 2 atom stereocenters. The molecule has 148 valence electrons. The van der Waals surface area contributed by atoms with E-state index < -0.39 is 0 Å². The Morgan fingerprint density at radius 3 is 2.78 bits per heavy atom. The lowest BCUT2D eigenvalue weighted by atomic mass is 10.1. The zero-order chi connectivity index (χ0) is 19.2. The van der Waals surface area contributed by atoms with Gasteiger partial charge in [0.15, 0.2) is 0 Å². The Kier molecular flexibility index (Phi) is 6.68. The summed E-state index contributed by atoms with van der Waals surface area (Å²) in [4.78, 5) is 27.2. The minimum absolute atomic E-state index is 0.0359. The molecule has 0 saturated carbocycles. The quantitative estimate of drug-likeness (QED) is 0.685. The molecule has 0 aromatic heterocycles. The lowest BCUT2D eigenvalue weighted by Gasteiger charge is -2.34. The van der Waals surface area contributed by atoms with Gasteiger partial charge in [-0.2, -0.15) is 0 Å². The van der Waals surface area contributed by atoms with Crippen LogP contribution < -0.4 is 10.6 Å². The van der Waals surface area contributed by atoms with Crippen LogP contribution in [0, 0.1) is 0 Å². The Morgan fingerprint density at radius 1 is 1.30 bits per heavy atom. The molecule has 0 unspecified atom stereocenters. The van der Waals surface area contributed by atoms with E-state index in [4.69, 9.17) is 4.74 Å². The number of phenolic OH excluding ortho intramolecular Hbond substituents is 1. The number of ether oxygens (including phenoxy) is 1. The summed E-state index contributed by atoms with van der Waals surface area (Å²) in [6, 6.07) is 6.79. The van der Waals surface area contributed by atoms with Crippen LogP contribution in [0.5, 0.6) is 5.75 Å². The molecular weight excluding hydrogens is 346 g/mol. The van der Waals surface area contributed by atoms with Crippen molar-refractivity contribution in [2.45, 2.75) is 50.7 Å². The first-order valence-corrected chi connectivity index (χ1v) is 9.75. The normalized spacial score (nSPS) is 23.9. The second-order valence-corrected chi connectivity index (χ2v) is 7.30. The molecule has 27 heavy (non-hydrogen) atoms. The van der Waals surface area contributed by atoms with Crippen molar-refractivity contribution in [3.05, 3.63) is 29.8 Å². The molecule has 2 aliphatic heterocycles. The summed E-state index contributed by atoms with van der Waals surface area (Å²) in [6.07, 6.45) is 2.67. The number of nitrogens with zero attached hydrogens (tertiary/aromatic N) is 1. The summed E-state index contributed by atoms with van der Waals surface area (Å²) in [6.45, 7) is 4.64. The summed E-state index contributed by atoms with van der Waals surface area (Å²) in [5.74, 6) is 0.103. The zero-order valence-corrected chi connectivity index (χ0v) is 15.8. The van der Waals surface area contributed by atoms with Crippen molar-refractivity contribution in [1.29, 1.82) is 0 Å². The highest BCUT2D eigenvalue weighted by molar-refractivity contribution is 5.83. The maximum atomic E-state index is 12.5. The lowest BCUT2D eigenvalue weighted by Crippen LogP contribution is -2.49. The van der Waals surface area contributed by atoms with Crippen LogP contribution in [0.25, 0.3) is 0 Å². The molecule has 0 spiro atoms. The van der Waals surface area contributed by atoms with E-state index >= 15 is 0 Å². The summed E-state index contributed by atoms with van der Waals surface area (Å²) in [5, 5.41) is 15.5. The van der Waals surface area contributed by atoms with E-state index in [1.54, 1.807) is 18.2 Å². The van der Waals surface area contributed by atoms with E-state index in [1.165, 1.54) is 0 Å². The SMILES string of the molecule is CCNC(=O)[C@@H]1C[C@H](NC(=O)Cc2cccc(O)c2)CN1C1CCOCC1. The van der Waals surface area contributed by atoms with Crippen molar-refractivity contribution >= 4 is 11.8 Å². The van der Waals surface area contributed by atoms with E-state index in [0.29, 0.717) is 25.6 Å². The maximum absolute atomic E-state index is 12.5. The highest BCUT2D eigenvalue weighted by Crippen LogP contribution is 2.26. The smallest absolute Gasteiger partial charge is 0.237 e. The molecule has 0 bridgehead atoms. The molecule has 2 fully saturated rings. The Labute approximate surface area is 160 Å². The molecule has 1 aromatic rings. The van der Waals surface area contributed by atoms with Crippen molar-refractivity contribution in [3.63, 3.8) is 0 Å². The van der Waals surface area contributed by atoms with Crippen LogP contribution in [0.15, 0.2) is 24.3 Å². The topological polar surface area (TPSA) is 90.9 Å². The number of amides is 2. The van der Waals surface area contributed by atoms with Gasteiger partial charge in [0.2, 0.25) is 11.8 Å². The average Bonchev–Trinajstić information content (AvgIpc) is 3.06. The molecule has 2 heterocycles. The number of hydrogen-bond donors (Lipinski definition) is 3. The number of carbonyl (C=O) groups excluding carboxylic acids is 2. The molecular formula is C20H29N3O4. The number of nitrogens with one attached hydrogen (secondary N) is 2. The highest BCUT2D eigenvalue weighted by Gasteiger charge is 2.41. The molecule has 2 amide bonds. The van der Waals surface area contributed by atoms with Crippen LogP contribution in [0.4, 0.5) is 0 Å². The van der Waals surface area contributed by atoms with Gasteiger partial charge in [0, 0.05) is 38.4 Å². The highest BCUT2D eigenvalue weighted by atomic mass is 16.5. The van der Waals surface area contributed by atoms with Gasteiger partial charge in [-0.1, -0.05) is 12.1 Å². The molecule has 3 N–H and O–H groups in total. The second kappa shape index (κ2) is 9.19. The van der Waals surface area contributed by atoms with Crippen molar-refractivity contribution in [1.82, 2.24) is 15.5 Å². The van der Waals surface area contributed by atoms with E-state index in [2.05, 4.69) is 15.5 Å². The van der Waals surface area contributed by atoms with Gasteiger partial charge < -0.3 is 20.5 Å². The van der Waals surface area contributed by atoms with Gasteiger partial charge in [0.05, 0.1) is 12.5 Å². The van der Waals surface area contributed by atoms with Gasteiger partial charge in [0.1, 0.15) is 5.75 Å². The van der Waals surface area contributed by atoms with E-state index in [9.17, 15) is 14.7 Å². The second-order valence-electron chi connectivity index (χ2n) is 7.30. The van der Waals surface area contributed by atoms with Gasteiger partial charge in [0.25, 0.3) is 0 Å². The largest absolute Gasteiger partial charge is 0.508 e. The fourth-order valence-corrected chi connectivity index (χ4v) is 4.07. The number of aromatic hydroxyl groups is 1. The molecule has 2 saturated heterocycles. The summed E-state index contributed by atoms with van der Waals surface area (Å²) < 4.78 is 5.45. The lowest BCUT2D eigenvalue weighted by molar-refractivity contribution is -0.127. The third kappa shape index (κ3) is 5.20. The summed E-state index contributed by atoms with van der Waals surface area (Å²) in [5.41, 5.74) is 0.770. The van der Waals surface area contributed by atoms with Gasteiger partial charge in [-0.15, -0.1) is 0 Å². The fraction of sp³-hybridized carbons (Fsp3) is 0.600. The van der Waals surface area contributed by atoms with E-state index in [0.717, 1.165) is 31.6 Å². The van der Waals surface area contributed by atoms with Crippen LogP contribution >= 0.6 is 0 Å². The average molecular weight is 375 g/mol. The molecule has 2 aliphatic rings. The maximum Gasteiger partial charge on any atom is 0.237 e. The number of phenols is 1. The first-order valence-electron chi connectivity index (χ1n) is 9.75. The van der Waals surface area contributed by atoms with Crippen molar-refractivity contribution in [2.75, 3.05) is 26.3 Å². The number of benzene rings is 1. The first-order chi connectivity index (χ1) is 13.1. The number of rotatable bonds is 6. The Hall–Kier alpha value is -2.12. The molecule has 1 aromatic carbocycles. The van der Waals surface area contributed by atoms with E-state index in [-0.39, 0.29) is 36.1 Å². The van der Waals surface area contributed by atoms with Crippen LogP contribution in [0.2, 0.25) is 0 Å². The third-order valence-electron chi connectivity index (χ3n) is 5.29. The van der Waals surface area contributed by atoms with Crippen LogP contribution in [0.1, 0.15) is 31.7 Å². The van der Waals surface area contributed by atoms with Gasteiger partial charge in [-0.05, 0) is 43.9 Å². The number of likely N-dealkylation sites (tertiary alicyclic amines) is 1. The van der Waals surface area contributed by atoms with Gasteiger partial charge in [-0.3, -0.25) is 14.5 Å². The van der Waals surface area contributed by atoms with E-state index in [1.807, 2.05) is 13.0 Å². The number of carbonyl (C=O) groups is 2. The van der Waals surface area contributed by atoms with Crippen LogP contribution in [0.3, 0.4) is 0 Å². The third-order valence-corrected chi connectivity index (χ3v) is 5.29. The minimum atomic E-state index is -0.209. The number of hydrogen-bond acceptors (Lipinski definition) is 5. The predicted octanol–water partition coefficient (Wildman–Crippen LogP) is 0.809. The first kappa shape index (κ1) is 19.6. The Balaban J connectivity index is 1.61. The van der Waals surface area contributed by atoms with Crippen LogP contribution in [-0.4, -0.2) is 66.2 Å². The zero-order valence-electron chi connectivity index (χ0n) is 15.8. The number of likely N-dealkylation sites (N-methyl/N-ethyl adjacent to an activating group) is 1.